The number of hydrogen-bond acceptors (Lipinski definition) is 2. The summed E-state index contributed by atoms with van der Waals surface area (Å²) in [5.41, 5.74) is 0. The van der Waals surface area contributed by atoms with Gasteiger partial charge in [-0.1, -0.05) is 0 Å². The van der Waals surface area contributed by atoms with Gasteiger partial charge in [-0.25, -0.2) is 4.79 Å². The first-order valence-electron chi connectivity index (χ1n) is 1.81. The van der Waals surface area contributed by atoms with Crippen molar-refractivity contribution in [2.45, 2.75) is 1.55 Å². The lowest BCUT2D eigenvalue weighted by atomic mass is 10.7. The standard InChI is InChI=1S/C3H5I2NO2/c1-6-3(4,5)2(7)8/h6H,1H3,(H,7,8). The monoisotopic (exact) mass is 341 g/mol. The van der Waals surface area contributed by atoms with Crippen molar-refractivity contribution in [3.05, 3.63) is 0 Å². The van der Waals surface area contributed by atoms with Crippen LogP contribution in [0.3, 0.4) is 0 Å². The minimum atomic E-state index is -0.860. The molecule has 0 saturated heterocycles. The van der Waals surface area contributed by atoms with Crippen molar-refractivity contribution < 1.29 is 9.90 Å². The molecule has 0 saturated carbocycles. The van der Waals surface area contributed by atoms with Gasteiger partial charge in [-0.15, -0.1) is 0 Å². The van der Waals surface area contributed by atoms with E-state index >= 15 is 0 Å². The maximum absolute atomic E-state index is 10.2. The maximum Gasteiger partial charge on any atom is 0.344 e. The van der Waals surface area contributed by atoms with Crippen LogP contribution < -0.4 is 5.32 Å². The molecule has 0 amide bonds. The summed E-state index contributed by atoms with van der Waals surface area (Å²) in [4.78, 5) is 10.2. The van der Waals surface area contributed by atoms with Gasteiger partial charge in [-0.05, 0) is 52.2 Å². The molecule has 0 atom stereocenters. The molecule has 0 aliphatic heterocycles. The Kier molecular flexibility index (Phi) is 3.51. The molecule has 2 N–H and O–H groups in total. The third kappa shape index (κ3) is 2.44. The molecule has 3 nitrogen and oxygen atoms in total. The second-order valence-electron chi connectivity index (χ2n) is 1.13. The van der Waals surface area contributed by atoms with Crippen molar-refractivity contribution in [1.29, 1.82) is 0 Å². The van der Waals surface area contributed by atoms with E-state index in [2.05, 4.69) is 5.32 Å². The van der Waals surface area contributed by atoms with Gasteiger partial charge in [0.15, 0.2) is 0 Å². The molecule has 0 aromatic carbocycles. The first kappa shape index (κ1) is 8.89. The van der Waals surface area contributed by atoms with E-state index in [9.17, 15) is 4.79 Å². The second-order valence-corrected chi connectivity index (χ2v) is 6.43. The van der Waals surface area contributed by atoms with Gasteiger partial charge in [0.1, 0.15) is 0 Å². The third-order valence-corrected chi connectivity index (χ3v) is 2.58. The van der Waals surface area contributed by atoms with Crippen LogP contribution in [-0.4, -0.2) is 19.7 Å². The lowest BCUT2D eigenvalue weighted by molar-refractivity contribution is -0.136. The van der Waals surface area contributed by atoms with Gasteiger partial charge < -0.3 is 5.11 Å². The Bertz CT molecular complexity index is 103. The number of aliphatic carboxylic acids is 1. The number of halogens is 2. The molecule has 0 heterocycles. The zero-order valence-electron chi connectivity index (χ0n) is 4.11. The zero-order valence-corrected chi connectivity index (χ0v) is 8.43. The fraction of sp³-hybridized carbons (Fsp3) is 0.667. The summed E-state index contributed by atoms with van der Waals surface area (Å²) in [7, 11) is 1.60. The molecule has 5 heteroatoms. The average Bonchev–Trinajstić information content (AvgIpc) is 1.67. The summed E-state index contributed by atoms with van der Waals surface area (Å²) in [5.74, 6) is -0.860. The largest absolute Gasteiger partial charge is 0.479 e. The molecule has 0 aliphatic carbocycles. The predicted molar refractivity (Wildman–Crippen MR) is 47.5 cm³/mol. The molecule has 48 valence electrons. The topological polar surface area (TPSA) is 49.3 Å². The Morgan fingerprint density at radius 3 is 2.12 bits per heavy atom. The van der Waals surface area contributed by atoms with Gasteiger partial charge in [-0.3, -0.25) is 5.32 Å². The molecule has 0 unspecified atom stereocenters. The van der Waals surface area contributed by atoms with Gasteiger partial charge >= 0.3 is 5.97 Å². The SMILES string of the molecule is CNC(I)(I)C(=O)O. The number of carboxylic acid groups (broad SMARTS) is 1. The van der Waals surface area contributed by atoms with Crippen LogP contribution >= 0.6 is 45.2 Å². The van der Waals surface area contributed by atoms with E-state index in [0.717, 1.165) is 0 Å². The Hall–Kier alpha value is 0.890. The maximum atomic E-state index is 10.2. The predicted octanol–water partition coefficient (Wildman–Crippen LogP) is 0.814. The van der Waals surface area contributed by atoms with Crippen LogP contribution in [0, 0.1) is 0 Å². The van der Waals surface area contributed by atoms with Crippen molar-refractivity contribution in [1.82, 2.24) is 5.32 Å². The van der Waals surface area contributed by atoms with E-state index in [-0.39, 0.29) is 0 Å². The lowest BCUT2D eigenvalue weighted by Gasteiger charge is -2.11. The van der Waals surface area contributed by atoms with Crippen molar-refractivity contribution in [2.24, 2.45) is 0 Å². The molecule has 0 aromatic heterocycles. The van der Waals surface area contributed by atoms with Gasteiger partial charge in [0, 0.05) is 0 Å². The van der Waals surface area contributed by atoms with Crippen LogP contribution in [0.25, 0.3) is 0 Å². The molecular weight excluding hydrogens is 336 g/mol. The normalized spacial score (nSPS) is 11.4. The van der Waals surface area contributed by atoms with Crippen molar-refractivity contribution >= 4 is 51.2 Å². The van der Waals surface area contributed by atoms with Crippen LogP contribution in [0.5, 0.6) is 0 Å². The first-order valence-corrected chi connectivity index (χ1v) is 3.96. The molecule has 0 aliphatic rings. The van der Waals surface area contributed by atoms with E-state index < -0.39 is 7.52 Å². The highest BCUT2D eigenvalue weighted by Crippen LogP contribution is 2.22. The zero-order chi connectivity index (χ0) is 6.78. The molecule has 0 aromatic rings. The van der Waals surface area contributed by atoms with E-state index in [1.54, 1.807) is 52.2 Å². The van der Waals surface area contributed by atoms with E-state index in [1.165, 1.54) is 0 Å². The highest BCUT2D eigenvalue weighted by atomic mass is 127. The van der Waals surface area contributed by atoms with Crippen LogP contribution in [0.2, 0.25) is 0 Å². The minimum absolute atomic E-state index is 0.852. The molecule has 0 radical (unpaired) electrons. The number of hydrogen-bond donors (Lipinski definition) is 2. The van der Waals surface area contributed by atoms with Crippen LogP contribution in [-0.2, 0) is 4.79 Å². The summed E-state index contributed by atoms with van der Waals surface area (Å²) in [6, 6.07) is 0. The van der Waals surface area contributed by atoms with Crippen LogP contribution in [0.1, 0.15) is 0 Å². The number of rotatable bonds is 2. The van der Waals surface area contributed by atoms with Crippen molar-refractivity contribution in [2.75, 3.05) is 7.05 Å². The molecule has 8 heavy (non-hydrogen) atoms. The van der Waals surface area contributed by atoms with Gasteiger partial charge in [0.2, 0.25) is 1.55 Å². The smallest absolute Gasteiger partial charge is 0.344 e. The third-order valence-electron chi connectivity index (χ3n) is 0.583. The number of carboxylic acids is 1. The minimum Gasteiger partial charge on any atom is -0.479 e. The highest BCUT2D eigenvalue weighted by Gasteiger charge is 2.28. The summed E-state index contributed by atoms with van der Waals surface area (Å²) in [6.07, 6.45) is 0. The number of likely N-dealkylation sites (N-methyl/N-ethyl adjacent to an activating group) is 1. The van der Waals surface area contributed by atoms with Gasteiger partial charge in [0.05, 0.1) is 0 Å². The molecule has 0 bridgehead atoms. The Balaban J connectivity index is 3.91. The molecule has 0 spiro atoms. The van der Waals surface area contributed by atoms with Crippen molar-refractivity contribution in [3.8, 4) is 0 Å². The van der Waals surface area contributed by atoms with Crippen molar-refractivity contribution in [3.63, 3.8) is 0 Å². The number of carbonyl (C=O) groups is 1. The lowest BCUT2D eigenvalue weighted by Crippen LogP contribution is -2.37. The van der Waals surface area contributed by atoms with Crippen LogP contribution in [0.15, 0.2) is 0 Å². The molecular formula is C3H5I2NO2. The molecule has 0 fully saturated rings. The summed E-state index contributed by atoms with van der Waals surface area (Å²) >= 11 is 3.61. The van der Waals surface area contributed by atoms with Gasteiger partial charge in [-0.2, -0.15) is 0 Å². The summed E-state index contributed by atoms with van der Waals surface area (Å²) in [6.45, 7) is 0. The Morgan fingerprint density at radius 1 is 1.75 bits per heavy atom. The second kappa shape index (κ2) is 3.16. The first-order chi connectivity index (χ1) is 3.50. The van der Waals surface area contributed by atoms with E-state index in [0.29, 0.717) is 0 Å². The fourth-order valence-electron chi connectivity index (χ4n) is 0.107. The average molecular weight is 341 g/mol. The summed E-state index contributed by atoms with van der Waals surface area (Å²) in [5, 5.41) is 11.0. The van der Waals surface area contributed by atoms with E-state index in [4.69, 9.17) is 5.11 Å². The van der Waals surface area contributed by atoms with E-state index in [1.807, 2.05) is 0 Å². The number of alkyl halides is 2. The summed E-state index contributed by atoms with van der Waals surface area (Å²) < 4.78 is -0.852. The van der Waals surface area contributed by atoms with Crippen LogP contribution in [0.4, 0.5) is 0 Å². The fourth-order valence-corrected chi connectivity index (χ4v) is 0.107. The quantitative estimate of drug-likeness (QED) is 0.444. The highest BCUT2D eigenvalue weighted by molar-refractivity contribution is 14.2. The molecule has 0 rings (SSSR count). The Labute approximate surface area is 74.5 Å². The van der Waals surface area contributed by atoms with Gasteiger partial charge in [0.25, 0.3) is 0 Å². The Morgan fingerprint density at radius 2 is 2.12 bits per heavy atom. The number of nitrogens with one attached hydrogen (secondary N) is 1.